The normalized spacial score (nSPS) is 30.5. The van der Waals surface area contributed by atoms with Crippen molar-refractivity contribution < 1.29 is 14.0 Å². The van der Waals surface area contributed by atoms with Crippen LogP contribution < -0.4 is 4.74 Å². The van der Waals surface area contributed by atoms with Gasteiger partial charge in [-0.2, -0.15) is 0 Å². The number of aliphatic hydroxyl groups is 1. The first kappa shape index (κ1) is 10.7. The number of hydrogen-bond donors (Lipinski definition) is 1. The molecule has 0 aliphatic heterocycles. The molecule has 1 aromatic carbocycles. The molecule has 1 aromatic rings. The third kappa shape index (κ3) is 3.10. The van der Waals surface area contributed by atoms with Gasteiger partial charge in [0.15, 0.2) is 0 Å². The third-order valence-electron chi connectivity index (χ3n) is 4.07. The van der Waals surface area contributed by atoms with Crippen LogP contribution in [0.5, 0.6) is 5.75 Å². The predicted molar refractivity (Wildman–Crippen MR) is 77.4 cm³/mol. The smallest absolute Gasteiger partial charge is 0.119 e. The molecule has 2 atom stereocenters. The van der Waals surface area contributed by atoms with Gasteiger partial charge in [0, 0.05) is 12.5 Å². The molecule has 3 nitrogen and oxygen atoms in total. The summed E-state index contributed by atoms with van der Waals surface area (Å²) in [4.78, 5) is 2.09. The predicted octanol–water partition coefficient (Wildman–Crippen LogP) is 2.63. The first-order chi connectivity index (χ1) is 10.2. The van der Waals surface area contributed by atoms with E-state index < -0.39 is 12.6 Å². The van der Waals surface area contributed by atoms with Crippen molar-refractivity contribution in [3.8, 4) is 5.75 Å². The van der Waals surface area contributed by atoms with Crippen LogP contribution in [0.3, 0.4) is 0 Å². The van der Waals surface area contributed by atoms with Crippen LogP contribution in [-0.2, 0) is 5.60 Å². The number of nitrogens with zero attached hydrogens (tertiary/aromatic N) is 1. The summed E-state index contributed by atoms with van der Waals surface area (Å²) in [6.07, 6.45) is 3.76. The van der Waals surface area contributed by atoms with Gasteiger partial charge in [-0.05, 0) is 44.6 Å². The van der Waals surface area contributed by atoms with Crippen LogP contribution in [0.25, 0.3) is 0 Å². The van der Waals surface area contributed by atoms with Crippen molar-refractivity contribution in [1.29, 1.82) is 0 Å². The highest BCUT2D eigenvalue weighted by atomic mass is 16.5. The molecule has 3 heteroatoms. The van der Waals surface area contributed by atoms with E-state index in [0.717, 1.165) is 31.4 Å². The van der Waals surface area contributed by atoms with Crippen molar-refractivity contribution in [3.63, 3.8) is 0 Å². The lowest BCUT2D eigenvalue weighted by Gasteiger charge is -2.41. The maximum absolute atomic E-state index is 11.3. The van der Waals surface area contributed by atoms with E-state index in [1.165, 1.54) is 0 Å². The molecule has 0 saturated heterocycles. The molecule has 1 aliphatic rings. The summed E-state index contributed by atoms with van der Waals surface area (Å²) in [5, 5.41) is 11.3. The number of benzene rings is 1. The molecule has 1 saturated carbocycles. The molecule has 0 heterocycles. The molecule has 1 fully saturated rings. The second-order valence-corrected chi connectivity index (χ2v) is 5.76. The van der Waals surface area contributed by atoms with E-state index in [1.807, 2.05) is 20.2 Å². The molecule has 2 rings (SSSR count). The Morgan fingerprint density at radius 2 is 2.32 bits per heavy atom. The van der Waals surface area contributed by atoms with Crippen LogP contribution in [0.1, 0.15) is 35.4 Å². The van der Waals surface area contributed by atoms with E-state index in [4.69, 9.17) is 8.85 Å². The van der Waals surface area contributed by atoms with Gasteiger partial charge in [-0.3, -0.25) is 0 Å². The van der Waals surface area contributed by atoms with Gasteiger partial charge in [-0.25, -0.2) is 0 Å². The first-order valence-corrected chi connectivity index (χ1v) is 6.87. The minimum atomic E-state index is -2.48. The highest BCUT2D eigenvalue weighted by Gasteiger charge is 2.40. The van der Waals surface area contributed by atoms with E-state index in [2.05, 4.69) is 4.90 Å². The SMILES string of the molecule is [2H]C([2H])([2H])Oc1cccc(C2(O)CCCCC2CN(C)C)c1. The first-order valence-electron chi connectivity index (χ1n) is 8.37. The lowest BCUT2D eigenvalue weighted by Crippen LogP contribution is -2.43. The standard InChI is InChI=1S/C16H25NO2/c1-17(2)12-14-7-4-5-10-16(14,18)13-8-6-9-15(11-13)19-3/h6,8-9,11,14,18H,4-5,7,10,12H2,1-3H3/i3D3. The quantitative estimate of drug-likeness (QED) is 0.909. The van der Waals surface area contributed by atoms with Gasteiger partial charge in [0.25, 0.3) is 0 Å². The van der Waals surface area contributed by atoms with Crippen molar-refractivity contribution in [2.24, 2.45) is 5.92 Å². The second-order valence-electron chi connectivity index (χ2n) is 5.76. The monoisotopic (exact) mass is 266 g/mol. The highest BCUT2D eigenvalue weighted by Crippen LogP contribution is 2.42. The van der Waals surface area contributed by atoms with Crippen LogP contribution in [0, 0.1) is 5.92 Å². The summed E-state index contributed by atoms with van der Waals surface area (Å²) in [5.74, 6) is 0.416. The Hall–Kier alpha value is -1.06. The summed E-state index contributed by atoms with van der Waals surface area (Å²) in [5.41, 5.74) is -0.169. The lowest BCUT2D eigenvalue weighted by molar-refractivity contribution is -0.0619. The Kier molecular flexibility index (Phi) is 3.34. The molecular weight excluding hydrogens is 238 g/mol. The third-order valence-corrected chi connectivity index (χ3v) is 4.07. The molecule has 19 heavy (non-hydrogen) atoms. The number of hydrogen-bond acceptors (Lipinski definition) is 3. The van der Waals surface area contributed by atoms with Gasteiger partial charge < -0.3 is 14.7 Å². The van der Waals surface area contributed by atoms with Gasteiger partial charge >= 0.3 is 0 Å². The molecule has 0 amide bonds. The van der Waals surface area contributed by atoms with E-state index in [9.17, 15) is 5.11 Å². The van der Waals surface area contributed by atoms with Crippen molar-refractivity contribution in [2.75, 3.05) is 27.7 Å². The zero-order chi connectivity index (χ0) is 16.4. The molecule has 1 N–H and O–H groups in total. The van der Waals surface area contributed by atoms with Crippen LogP contribution in [0.2, 0.25) is 0 Å². The van der Waals surface area contributed by atoms with E-state index in [-0.39, 0.29) is 11.7 Å². The molecule has 0 aromatic heterocycles. The Balaban J connectivity index is 2.28. The molecule has 2 unspecified atom stereocenters. The van der Waals surface area contributed by atoms with Gasteiger partial charge in [0.1, 0.15) is 5.75 Å². The zero-order valence-corrected chi connectivity index (χ0v) is 11.7. The average Bonchev–Trinajstić information content (AvgIpc) is 2.39. The Morgan fingerprint density at radius 1 is 1.47 bits per heavy atom. The molecule has 0 spiro atoms. The molecule has 106 valence electrons. The average molecular weight is 266 g/mol. The molecule has 1 aliphatic carbocycles. The largest absolute Gasteiger partial charge is 0.497 e. The summed E-state index contributed by atoms with van der Waals surface area (Å²) < 4.78 is 26.6. The zero-order valence-electron chi connectivity index (χ0n) is 14.7. The molecular formula is C16H25NO2. The van der Waals surface area contributed by atoms with Crippen molar-refractivity contribution in [1.82, 2.24) is 4.90 Å². The minimum absolute atomic E-state index is 0.138. The van der Waals surface area contributed by atoms with Crippen LogP contribution >= 0.6 is 0 Å². The van der Waals surface area contributed by atoms with E-state index >= 15 is 0 Å². The van der Waals surface area contributed by atoms with Gasteiger partial charge in [-0.1, -0.05) is 25.0 Å². The Bertz CT molecular complexity index is 504. The number of methoxy groups -OCH3 is 1. The Morgan fingerprint density at radius 3 is 3.05 bits per heavy atom. The second kappa shape index (κ2) is 5.93. The van der Waals surface area contributed by atoms with Crippen molar-refractivity contribution >= 4 is 0 Å². The van der Waals surface area contributed by atoms with E-state index in [0.29, 0.717) is 6.42 Å². The summed E-state index contributed by atoms with van der Waals surface area (Å²) in [6, 6.07) is 6.89. The number of rotatable bonds is 4. The van der Waals surface area contributed by atoms with Gasteiger partial charge in [0.05, 0.1) is 16.8 Å². The lowest BCUT2D eigenvalue weighted by atomic mass is 9.71. The highest BCUT2D eigenvalue weighted by molar-refractivity contribution is 5.33. The molecule has 0 radical (unpaired) electrons. The van der Waals surface area contributed by atoms with Crippen LogP contribution in [0.4, 0.5) is 0 Å². The summed E-state index contributed by atoms with van der Waals surface area (Å²) in [7, 11) is 1.53. The van der Waals surface area contributed by atoms with Crippen LogP contribution in [0.15, 0.2) is 24.3 Å². The topological polar surface area (TPSA) is 32.7 Å². The maximum Gasteiger partial charge on any atom is 0.119 e. The van der Waals surface area contributed by atoms with Crippen molar-refractivity contribution in [2.45, 2.75) is 31.3 Å². The minimum Gasteiger partial charge on any atom is -0.497 e. The van der Waals surface area contributed by atoms with Gasteiger partial charge in [-0.15, -0.1) is 0 Å². The fourth-order valence-corrected chi connectivity index (χ4v) is 3.12. The summed E-state index contributed by atoms with van der Waals surface area (Å²) >= 11 is 0. The van der Waals surface area contributed by atoms with Crippen molar-refractivity contribution in [3.05, 3.63) is 29.8 Å². The Labute approximate surface area is 120 Å². The maximum atomic E-state index is 11.3. The number of ether oxygens (including phenoxy) is 1. The fraction of sp³-hybridized carbons (Fsp3) is 0.625. The fourth-order valence-electron chi connectivity index (χ4n) is 3.12. The molecule has 0 bridgehead atoms. The van der Waals surface area contributed by atoms with Gasteiger partial charge in [0.2, 0.25) is 0 Å². The van der Waals surface area contributed by atoms with Crippen LogP contribution in [-0.4, -0.2) is 37.7 Å². The summed E-state index contributed by atoms with van der Waals surface area (Å²) in [6.45, 7) is 0.806. The van der Waals surface area contributed by atoms with E-state index in [1.54, 1.807) is 18.2 Å².